The number of aromatic amines is 1. The standard InChI is InChI=1S/C11H11FN4O2S2/c1-6-9(5-14-15-6)20(17,18)16-8-4-2-3-7(12)10(8)11(13)19/h2-5,16H,1H3,(H2,13,19)(H,14,15). The highest BCUT2D eigenvalue weighted by atomic mass is 32.2. The maximum absolute atomic E-state index is 13.7. The number of anilines is 1. The minimum Gasteiger partial charge on any atom is -0.389 e. The van der Waals surface area contributed by atoms with Crippen LogP contribution in [0.3, 0.4) is 0 Å². The number of nitrogens with two attached hydrogens (primary N) is 1. The molecule has 4 N–H and O–H groups in total. The molecule has 0 fully saturated rings. The average molecular weight is 314 g/mol. The Labute approximate surface area is 120 Å². The van der Waals surface area contributed by atoms with Gasteiger partial charge < -0.3 is 5.73 Å². The Balaban J connectivity index is 2.48. The highest BCUT2D eigenvalue weighted by Crippen LogP contribution is 2.23. The van der Waals surface area contributed by atoms with Crippen molar-refractivity contribution >= 4 is 32.9 Å². The summed E-state index contributed by atoms with van der Waals surface area (Å²) in [4.78, 5) is -0.264. The summed E-state index contributed by atoms with van der Waals surface area (Å²) in [5.41, 5.74) is 5.63. The third kappa shape index (κ3) is 2.63. The number of nitrogens with one attached hydrogen (secondary N) is 2. The van der Waals surface area contributed by atoms with Crippen LogP contribution in [0.25, 0.3) is 0 Å². The first-order valence-electron chi connectivity index (χ1n) is 5.44. The number of halogens is 1. The zero-order valence-corrected chi connectivity index (χ0v) is 12.0. The van der Waals surface area contributed by atoms with Crippen LogP contribution in [-0.4, -0.2) is 23.6 Å². The van der Waals surface area contributed by atoms with Gasteiger partial charge in [-0.15, -0.1) is 0 Å². The van der Waals surface area contributed by atoms with Crippen molar-refractivity contribution in [1.82, 2.24) is 10.2 Å². The number of sulfonamides is 1. The predicted octanol–water partition coefficient (Wildman–Crippen LogP) is 1.29. The molecule has 2 aromatic rings. The first kappa shape index (κ1) is 14.4. The summed E-state index contributed by atoms with van der Waals surface area (Å²) in [6.07, 6.45) is 1.16. The van der Waals surface area contributed by atoms with Crippen LogP contribution in [-0.2, 0) is 10.0 Å². The van der Waals surface area contributed by atoms with Crippen LogP contribution < -0.4 is 10.5 Å². The number of nitrogens with zero attached hydrogens (tertiary/aromatic N) is 1. The van der Waals surface area contributed by atoms with E-state index in [0.29, 0.717) is 5.69 Å². The molecule has 9 heteroatoms. The molecular weight excluding hydrogens is 303 g/mol. The molecule has 0 radical (unpaired) electrons. The lowest BCUT2D eigenvalue weighted by Gasteiger charge is -2.12. The monoisotopic (exact) mass is 314 g/mol. The predicted molar refractivity (Wildman–Crippen MR) is 76.4 cm³/mol. The first-order valence-corrected chi connectivity index (χ1v) is 7.33. The lowest BCUT2D eigenvalue weighted by Crippen LogP contribution is -2.19. The highest BCUT2D eigenvalue weighted by molar-refractivity contribution is 7.92. The molecule has 6 nitrogen and oxygen atoms in total. The van der Waals surface area contributed by atoms with E-state index in [2.05, 4.69) is 14.9 Å². The quantitative estimate of drug-likeness (QED) is 0.738. The Bertz CT molecular complexity index is 770. The van der Waals surface area contributed by atoms with Crippen LogP contribution in [0.15, 0.2) is 29.3 Å². The van der Waals surface area contributed by atoms with Crippen LogP contribution in [0, 0.1) is 12.7 Å². The highest BCUT2D eigenvalue weighted by Gasteiger charge is 2.21. The zero-order chi connectivity index (χ0) is 14.9. The molecule has 1 heterocycles. The van der Waals surface area contributed by atoms with Gasteiger partial charge in [-0.3, -0.25) is 9.82 Å². The first-order chi connectivity index (χ1) is 9.33. The van der Waals surface area contributed by atoms with Gasteiger partial charge in [-0.1, -0.05) is 18.3 Å². The van der Waals surface area contributed by atoms with Crippen molar-refractivity contribution in [1.29, 1.82) is 0 Å². The smallest absolute Gasteiger partial charge is 0.265 e. The Morgan fingerprint density at radius 2 is 2.20 bits per heavy atom. The molecule has 1 aromatic carbocycles. The third-order valence-corrected chi connectivity index (χ3v) is 4.26. The van der Waals surface area contributed by atoms with Gasteiger partial charge in [-0.05, 0) is 19.1 Å². The maximum atomic E-state index is 13.7. The molecule has 106 valence electrons. The fraction of sp³-hybridized carbons (Fsp3) is 0.0909. The van der Waals surface area contributed by atoms with Crippen molar-refractivity contribution in [3.05, 3.63) is 41.5 Å². The van der Waals surface area contributed by atoms with Gasteiger partial charge in [0.2, 0.25) is 0 Å². The number of H-pyrrole nitrogens is 1. The van der Waals surface area contributed by atoms with Gasteiger partial charge in [0, 0.05) is 0 Å². The van der Waals surface area contributed by atoms with Crippen LogP contribution in [0.4, 0.5) is 10.1 Å². The van der Waals surface area contributed by atoms with Crippen molar-refractivity contribution in [3.8, 4) is 0 Å². The summed E-state index contributed by atoms with van der Waals surface area (Å²) in [6, 6.07) is 3.89. The molecular formula is C11H11FN4O2S2. The van der Waals surface area contributed by atoms with E-state index in [0.717, 1.165) is 12.3 Å². The maximum Gasteiger partial charge on any atom is 0.265 e. The van der Waals surface area contributed by atoms with Gasteiger partial charge in [0.05, 0.1) is 23.1 Å². The van der Waals surface area contributed by atoms with E-state index in [1.54, 1.807) is 6.92 Å². The van der Waals surface area contributed by atoms with Crippen molar-refractivity contribution in [3.63, 3.8) is 0 Å². The molecule has 0 saturated carbocycles. The summed E-state index contributed by atoms with van der Waals surface area (Å²) in [7, 11) is -3.90. The fourth-order valence-corrected chi connectivity index (χ4v) is 3.09. The molecule has 0 aliphatic rings. The van der Waals surface area contributed by atoms with E-state index in [1.807, 2.05) is 0 Å². The zero-order valence-electron chi connectivity index (χ0n) is 10.3. The van der Waals surface area contributed by atoms with Gasteiger partial charge in [0.25, 0.3) is 10.0 Å². The van der Waals surface area contributed by atoms with Gasteiger partial charge in [-0.25, -0.2) is 12.8 Å². The molecule has 20 heavy (non-hydrogen) atoms. The van der Waals surface area contributed by atoms with Crippen LogP contribution in [0.1, 0.15) is 11.3 Å². The van der Waals surface area contributed by atoms with Gasteiger partial charge >= 0.3 is 0 Å². The molecule has 1 aromatic heterocycles. The Morgan fingerprint density at radius 1 is 1.50 bits per heavy atom. The number of thiocarbonyl (C=S) groups is 1. The molecule has 0 aliphatic heterocycles. The largest absolute Gasteiger partial charge is 0.389 e. The number of benzene rings is 1. The molecule has 0 amide bonds. The fourth-order valence-electron chi connectivity index (χ4n) is 1.67. The van der Waals surface area contributed by atoms with E-state index in [4.69, 9.17) is 18.0 Å². The molecule has 0 bridgehead atoms. The van der Waals surface area contributed by atoms with E-state index in [1.165, 1.54) is 12.1 Å². The van der Waals surface area contributed by atoms with Crippen LogP contribution in [0.5, 0.6) is 0 Å². The number of hydrogen-bond donors (Lipinski definition) is 3. The lowest BCUT2D eigenvalue weighted by atomic mass is 10.2. The Kier molecular flexibility index (Phi) is 3.73. The normalized spacial score (nSPS) is 11.3. The molecule has 0 aliphatic carbocycles. The number of aryl methyl sites for hydroxylation is 1. The summed E-state index contributed by atoms with van der Waals surface area (Å²) >= 11 is 4.74. The second-order valence-electron chi connectivity index (χ2n) is 3.99. The van der Waals surface area contributed by atoms with E-state index in [9.17, 15) is 12.8 Å². The SMILES string of the molecule is Cc1[nH]ncc1S(=O)(=O)Nc1cccc(F)c1C(N)=S. The second-order valence-corrected chi connectivity index (χ2v) is 6.08. The molecule has 0 unspecified atom stereocenters. The van der Waals surface area contributed by atoms with E-state index < -0.39 is 15.8 Å². The molecule has 2 rings (SSSR count). The van der Waals surface area contributed by atoms with Gasteiger partial charge in [0.15, 0.2) is 0 Å². The number of aromatic nitrogens is 2. The number of hydrogen-bond acceptors (Lipinski definition) is 4. The second kappa shape index (κ2) is 5.17. The van der Waals surface area contributed by atoms with E-state index in [-0.39, 0.29) is 21.1 Å². The van der Waals surface area contributed by atoms with Gasteiger partial charge in [0.1, 0.15) is 15.7 Å². The third-order valence-electron chi connectivity index (χ3n) is 2.58. The van der Waals surface area contributed by atoms with Crippen molar-refractivity contribution in [2.45, 2.75) is 11.8 Å². The summed E-state index contributed by atoms with van der Waals surface area (Å²) in [6.45, 7) is 1.56. The van der Waals surface area contributed by atoms with Crippen LogP contribution in [0.2, 0.25) is 0 Å². The van der Waals surface area contributed by atoms with Crippen molar-refractivity contribution < 1.29 is 12.8 Å². The summed E-state index contributed by atoms with van der Waals surface area (Å²) < 4.78 is 40.3. The molecule has 0 spiro atoms. The van der Waals surface area contributed by atoms with Crippen LogP contribution >= 0.6 is 12.2 Å². The average Bonchev–Trinajstić information content (AvgIpc) is 2.75. The van der Waals surface area contributed by atoms with Gasteiger partial charge in [-0.2, -0.15) is 5.10 Å². The summed E-state index contributed by atoms with van der Waals surface area (Å²) in [5.74, 6) is -0.693. The Hall–Kier alpha value is -2.00. The minimum atomic E-state index is -3.90. The molecule has 0 atom stereocenters. The van der Waals surface area contributed by atoms with E-state index >= 15 is 0 Å². The topological polar surface area (TPSA) is 101 Å². The minimum absolute atomic E-state index is 0.0156. The number of rotatable bonds is 4. The Morgan fingerprint density at radius 3 is 2.75 bits per heavy atom. The van der Waals surface area contributed by atoms with Crippen molar-refractivity contribution in [2.75, 3.05) is 4.72 Å². The van der Waals surface area contributed by atoms with Crippen molar-refractivity contribution in [2.24, 2.45) is 5.73 Å². The molecule has 0 saturated heterocycles. The lowest BCUT2D eigenvalue weighted by molar-refractivity contribution is 0.600. The summed E-state index contributed by atoms with van der Waals surface area (Å²) in [5, 5.41) is 6.15.